The van der Waals surface area contributed by atoms with Crippen LogP contribution in [0.3, 0.4) is 0 Å². The molecule has 0 aromatic heterocycles. The molecule has 3 unspecified atom stereocenters. The van der Waals surface area contributed by atoms with Gasteiger partial charge in [-0.1, -0.05) is 0 Å². The van der Waals surface area contributed by atoms with Gasteiger partial charge in [0.15, 0.2) is 0 Å². The van der Waals surface area contributed by atoms with Crippen molar-refractivity contribution in [2.75, 3.05) is 19.6 Å². The Kier molecular flexibility index (Phi) is 5.41. The molecule has 2 aliphatic rings. The number of piperazine rings is 1. The van der Waals surface area contributed by atoms with Gasteiger partial charge < -0.3 is 15.5 Å². The normalized spacial score (nSPS) is 32.4. The molecule has 2 N–H and O–H groups in total. The van der Waals surface area contributed by atoms with E-state index in [1.807, 2.05) is 4.90 Å². The van der Waals surface area contributed by atoms with Crippen LogP contribution in [0.25, 0.3) is 0 Å². The average Bonchev–Trinajstić information content (AvgIpc) is 2.32. The SMILES string of the molecule is CC1CN(C(=O)C2CCC(=O)NC2)C(C)CN1.Cl. The van der Waals surface area contributed by atoms with Crippen LogP contribution in [-0.4, -0.2) is 48.4 Å². The molecule has 2 amide bonds. The number of amides is 2. The summed E-state index contributed by atoms with van der Waals surface area (Å²) in [5.74, 6) is 0.238. The Hall–Kier alpha value is -0.810. The Balaban J connectivity index is 0.00000162. The molecule has 0 radical (unpaired) electrons. The smallest absolute Gasteiger partial charge is 0.227 e. The summed E-state index contributed by atoms with van der Waals surface area (Å²) in [7, 11) is 0. The van der Waals surface area contributed by atoms with Crippen molar-refractivity contribution in [1.29, 1.82) is 0 Å². The minimum absolute atomic E-state index is 0. The van der Waals surface area contributed by atoms with E-state index < -0.39 is 0 Å². The van der Waals surface area contributed by atoms with Gasteiger partial charge in [-0.2, -0.15) is 0 Å². The Labute approximate surface area is 114 Å². The number of hydrogen-bond acceptors (Lipinski definition) is 3. The summed E-state index contributed by atoms with van der Waals surface area (Å²) >= 11 is 0. The van der Waals surface area contributed by atoms with Crippen LogP contribution in [-0.2, 0) is 9.59 Å². The number of carbonyl (C=O) groups is 2. The fourth-order valence-electron chi connectivity index (χ4n) is 2.51. The summed E-state index contributed by atoms with van der Waals surface area (Å²) in [6.45, 7) is 6.28. The summed E-state index contributed by atoms with van der Waals surface area (Å²) < 4.78 is 0. The van der Waals surface area contributed by atoms with Gasteiger partial charge in [0.2, 0.25) is 11.8 Å². The first-order chi connectivity index (χ1) is 8.08. The number of rotatable bonds is 1. The number of nitrogens with zero attached hydrogens (tertiary/aromatic N) is 1. The van der Waals surface area contributed by atoms with E-state index in [9.17, 15) is 9.59 Å². The number of halogens is 1. The van der Waals surface area contributed by atoms with Crippen LogP contribution in [0.5, 0.6) is 0 Å². The Morgan fingerprint density at radius 1 is 1.33 bits per heavy atom. The summed E-state index contributed by atoms with van der Waals surface area (Å²) in [6, 6.07) is 0.602. The average molecular weight is 276 g/mol. The van der Waals surface area contributed by atoms with Gasteiger partial charge in [0, 0.05) is 38.1 Å². The molecule has 0 aromatic carbocycles. The summed E-state index contributed by atoms with van der Waals surface area (Å²) in [4.78, 5) is 25.4. The van der Waals surface area contributed by atoms with Crippen molar-refractivity contribution in [2.24, 2.45) is 5.92 Å². The van der Waals surface area contributed by atoms with Crippen molar-refractivity contribution < 1.29 is 9.59 Å². The van der Waals surface area contributed by atoms with E-state index in [0.717, 1.165) is 13.1 Å². The maximum absolute atomic E-state index is 12.4. The lowest BCUT2D eigenvalue weighted by Gasteiger charge is -2.40. The van der Waals surface area contributed by atoms with Gasteiger partial charge in [-0.15, -0.1) is 12.4 Å². The standard InChI is InChI=1S/C12H21N3O2.ClH/c1-8-7-15(9(2)5-13-8)12(17)10-3-4-11(16)14-6-10;/h8-10,13H,3-7H2,1-2H3,(H,14,16);1H. The van der Waals surface area contributed by atoms with Crippen molar-refractivity contribution in [1.82, 2.24) is 15.5 Å². The van der Waals surface area contributed by atoms with Gasteiger partial charge in [-0.05, 0) is 20.3 Å². The first kappa shape index (κ1) is 15.2. The third kappa shape index (κ3) is 3.36. The molecule has 5 nitrogen and oxygen atoms in total. The highest BCUT2D eigenvalue weighted by Gasteiger charge is 2.33. The predicted octanol–water partition coefficient (Wildman–Crippen LogP) is 0.143. The largest absolute Gasteiger partial charge is 0.355 e. The highest BCUT2D eigenvalue weighted by Crippen LogP contribution is 2.17. The van der Waals surface area contributed by atoms with Gasteiger partial charge in [0.1, 0.15) is 0 Å². The van der Waals surface area contributed by atoms with E-state index in [2.05, 4.69) is 24.5 Å². The molecule has 2 saturated heterocycles. The topological polar surface area (TPSA) is 61.4 Å². The van der Waals surface area contributed by atoms with Gasteiger partial charge in [-0.25, -0.2) is 0 Å². The van der Waals surface area contributed by atoms with Crippen molar-refractivity contribution in [2.45, 2.75) is 38.8 Å². The van der Waals surface area contributed by atoms with Crippen LogP contribution in [0.15, 0.2) is 0 Å². The number of carbonyl (C=O) groups excluding carboxylic acids is 2. The van der Waals surface area contributed by atoms with Crippen LogP contribution in [0.1, 0.15) is 26.7 Å². The molecule has 0 bridgehead atoms. The highest BCUT2D eigenvalue weighted by atomic mass is 35.5. The minimum atomic E-state index is -0.0274. The van der Waals surface area contributed by atoms with Crippen molar-refractivity contribution in [3.63, 3.8) is 0 Å². The zero-order valence-corrected chi connectivity index (χ0v) is 11.8. The van der Waals surface area contributed by atoms with Gasteiger partial charge in [-0.3, -0.25) is 9.59 Å². The predicted molar refractivity (Wildman–Crippen MR) is 71.6 cm³/mol. The van der Waals surface area contributed by atoms with E-state index in [4.69, 9.17) is 0 Å². The molecule has 18 heavy (non-hydrogen) atoms. The lowest BCUT2D eigenvalue weighted by Crippen LogP contribution is -2.58. The summed E-state index contributed by atoms with van der Waals surface area (Å²) in [5.41, 5.74) is 0. The van der Waals surface area contributed by atoms with E-state index in [-0.39, 0.29) is 36.2 Å². The minimum Gasteiger partial charge on any atom is -0.355 e. The summed E-state index contributed by atoms with van der Waals surface area (Å²) in [5, 5.41) is 6.14. The van der Waals surface area contributed by atoms with Crippen LogP contribution >= 0.6 is 12.4 Å². The third-order valence-electron chi connectivity index (χ3n) is 3.66. The second-order valence-electron chi connectivity index (χ2n) is 5.19. The third-order valence-corrected chi connectivity index (χ3v) is 3.66. The second kappa shape index (κ2) is 6.38. The van der Waals surface area contributed by atoms with Crippen molar-refractivity contribution in [3.8, 4) is 0 Å². The molecule has 0 aliphatic carbocycles. The maximum atomic E-state index is 12.4. The number of nitrogens with one attached hydrogen (secondary N) is 2. The fourth-order valence-corrected chi connectivity index (χ4v) is 2.51. The molecular weight excluding hydrogens is 254 g/mol. The highest BCUT2D eigenvalue weighted by molar-refractivity contribution is 5.85. The number of hydrogen-bond donors (Lipinski definition) is 2. The van der Waals surface area contributed by atoms with E-state index >= 15 is 0 Å². The molecule has 6 heteroatoms. The molecule has 3 atom stereocenters. The molecular formula is C12H22ClN3O2. The van der Waals surface area contributed by atoms with Crippen LogP contribution < -0.4 is 10.6 Å². The zero-order valence-electron chi connectivity index (χ0n) is 10.9. The lowest BCUT2D eigenvalue weighted by atomic mass is 9.96. The molecule has 2 fully saturated rings. The van der Waals surface area contributed by atoms with Crippen molar-refractivity contribution >= 4 is 24.2 Å². The van der Waals surface area contributed by atoms with Gasteiger partial charge in [0.05, 0.1) is 5.92 Å². The molecule has 2 rings (SSSR count). The quantitative estimate of drug-likeness (QED) is 0.716. The van der Waals surface area contributed by atoms with Crippen molar-refractivity contribution in [3.05, 3.63) is 0 Å². The first-order valence-corrected chi connectivity index (χ1v) is 6.38. The molecule has 0 spiro atoms. The Morgan fingerprint density at radius 3 is 2.67 bits per heavy atom. The molecule has 104 valence electrons. The Morgan fingerprint density at radius 2 is 2.06 bits per heavy atom. The summed E-state index contributed by atoms with van der Waals surface area (Å²) in [6.07, 6.45) is 1.17. The van der Waals surface area contributed by atoms with Crippen LogP contribution in [0, 0.1) is 5.92 Å². The van der Waals surface area contributed by atoms with E-state index in [1.165, 1.54) is 0 Å². The zero-order chi connectivity index (χ0) is 12.4. The number of piperidine rings is 1. The van der Waals surface area contributed by atoms with Gasteiger partial charge in [0.25, 0.3) is 0 Å². The lowest BCUT2D eigenvalue weighted by molar-refractivity contribution is -0.140. The molecule has 2 heterocycles. The second-order valence-corrected chi connectivity index (χ2v) is 5.19. The van der Waals surface area contributed by atoms with Crippen LogP contribution in [0.4, 0.5) is 0 Å². The van der Waals surface area contributed by atoms with E-state index in [1.54, 1.807) is 0 Å². The molecule has 0 aromatic rings. The van der Waals surface area contributed by atoms with Crippen LogP contribution in [0.2, 0.25) is 0 Å². The monoisotopic (exact) mass is 275 g/mol. The fraction of sp³-hybridized carbons (Fsp3) is 0.833. The van der Waals surface area contributed by atoms with E-state index in [0.29, 0.717) is 25.4 Å². The Bertz CT molecular complexity index is 314. The first-order valence-electron chi connectivity index (χ1n) is 6.38. The van der Waals surface area contributed by atoms with Gasteiger partial charge >= 0.3 is 0 Å². The molecule has 0 saturated carbocycles. The molecule has 2 aliphatic heterocycles. The maximum Gasteiger partial charge on any atom is 0.227 e.